The maximum absolute atomic E-state index is 14.5. The Balaban J connectivity index is 1.81. The van der Waals surface area contributed by atoms with E-state index in [1.165, 1.54) is 30.3 Å². The zero-order chi connectivity index (χ0) is 24.2. The van der Waals surface area contributed by atoms with E-state index in [0.29, 0.717) is 27.8 Å². The van der Waals surface area contributed by atoms with E-state index in [2.05, 4.69) is 5.32 Å². The first-order chi connectivity index (χ1) is 15.5. The molecule has 0 aliphatic rings. The topological polar surface area (TPSA) is 38.3 Å². The molecule has 0 saturated heterocycles. The van der Waals surface area contributed by atoms with Crippen molar-refractivity contribution in [1.82, 2.24) is 5.32 Å². The summed E-state index contributed by atoms with van der Waals surface area (Å²) >= 11 is 11.9. The van der Waals surface area contributed by atoms with Crippen molar-refractivity contribution >= 4 is 29.1 Å². The molecule has 0 spiro atoms. The molecule has 7 heteroatoms. The third-order valence-electron chi connectivity index (χ3n) is 5.45. The number of rotatable bonds is 8. The van der Waals surface area contributed by atoms with Crippen molar-refractivity contribution in [2.24, 2.45) is 0 Å². The molecule has 0 aliphatic heterocycles. The first-order valence-electron chi connectivity index (χ1n) is 10.5. The van der Waals surface area contributed by atoms with Crippen LogP contribution in [0.3, 0.4) is 0 Å². The molecule has 0 heterocycles. The van der Waals surface area contributed by atoms with Gasteiger partial charge in [0, 0.05) is 22.0 Å². The van der Waals surface area contributed by atoms with Crippen LogP contribution < -0.4 is 10.1 Å². The Bertz CT molecular complexity index is 1100. The highest BCUT2D eigenvalue weighted by Gasteiger charge is 2.33. The van der Waals surface area contributed by atoms with Gasteiger partial charge in [-0.25, -0.2) is 8.78 Å². The molecule has 0 bridgehead atoms. The Labute approximate surface area is 202 Å². The molecule has 3 aromatic carbocycles. The summed E-state index contributed by atoms with van der Waals surface area (Å²) in [7, 11) is 0. The lowest BCUT2D eigenvalue weighted by molar-refractivity contribution is -0.135. The zero-order valence-electron chi connectivity index (χ0n) is 18.5. The fourth-order valence-electron chi connectivity index (χ4n) is 3.54. The Morgan fingerprint density at radius 2 is 1.58 bits per heavy atom. The average Bonchev–Trinajstić information content (AvgIpc) is 2.75. The second kappa shape index (κ2) is 10.5. The van der Waals surface area contributed by atoms with Gasteiger partial charge in [0.1, 0.15) is 17.4 Å². The van der Waals surface area contributed by atoms with Gasteiger partial charge in [-0.1, -0.05) is 41.4 Å². The van der Waals surface area contributed by atoms with E-state index >= 15 is 0 Å². The molecular formula is C26H25Cl2F2NO2. The Hall–Kier alpha value is -2.63. The van der Waals surface area contributed by atoms with Gasteiger partial charge >= 0.3 is 0 Å². The number of hydrogen-bond donors (Lipinski definition) is 1. The van der Waals surface area contributed by atoms with Gasteiger partial charge in [0.15, 0.2) is 5.60 Å². The second-order valence-corrected chi connectivity index (χ2v) is 9.30. The number of halogens is 4. The third-order valence-corrected chi connectivity index (χ3v) is 5.94. The second-order valence-electron chi connectivity index (χ2n) is 8.43. The minimum absolute atomic E-state index is 0.247. The molecule has 3 rings (SSSR count). The Morgan fingerprint density at radius 1 is 0.970 bits per heavy atom. The monoisotopic (exact) mass is 491 g/mol. The van der Waals surface area contributed by atoms with E-state index in [-0.39, 0.29) is 17.9 Å². The van der Waals surface area contributed by atoms with Gasteiger partial charge in [0.05, 0.1) is 0 Å². The first-order valence-corrected chi connectivity index (χ1v) is 11.3. The highest BCUT2D eigenvalue weighted by Crippen LogP contribution is 2.29. The summed E-state index contributed by atoms with van der Waals surface area (Å²) in [5.41, 5.74) is 0.170. The van der Waals surface area contributed by atoms with Crippen molar-refractivity contribution in [3.63, 3.8) is 0 Å². The number of amides is 1. The Morgan fingerprint density at radius 3 is 2.18 bits per heavy atom. The average molecular weight is 492 g/mol. The summed E-state index contributed by atoms with van der Waals surface area (Å²) in [5, 5.41) is 3.90. The maximum atomic E-state index is 14.5. The molecule has 0 radical (unpaired) electrons. The van der Waals surface area contributed by atoms with Gasteiger partial charge in [-0.15, -0.1) is 0 Å². The van der Waals surface area contributed by atoms with E-state index in [1.807, 2.05) is 19.1 Å². The quantitative estimate of drug-likeness (QED) is 0.369. The summed E-state index contributed by atoms with van der Waals surface area (Å²) in [6, 6.07) is 16.9. The van der Waals surface area contributed by atoms with Crippen LogP contribution in [0.4, 0.5) is 8.78 Å². The number of carbonyl (C=O) groups is 1. The van der Waals surface area contributed by atoms with E-state index in [0.717, 1.165) is 5.56 Å². The smallest absolute Gasteiger partial charge is 0.263 e. The minimum Gasteiger partial charge on any atom is -0.478 e. The molecule has 1 N–H and O–H groups in total. The SMILES string of the molecule is CC(NC(=O)C(C)(C)Oc1ccc(F)cc1)C(Cc1ccc(Cl)cc1F)c1ccc(Cl)cc1. The normalized spacial score (nSPS) is 13.3. The number of carbonyl (C=O) groups excluding carboxylic acids is 1. The van der Waals surface area contributed by atoms with Crippen LogP contribution in [0.25, 0.3) is 0 Å². The fourth-order valence-corrected chi connectivity index (χ4v) is 3.83. The summed E-state index contributed by atoms with van der Waals surface area (Å²) in [5.74, 6) is -1.02. The van der Waals surface area contributed by atoms with Crippen molar-refractivity contribution in [3.05, 3.63) is 99.5 Å². The molecule has 2 unspecified atom stereocenters. The molecule has 3 nitrogen and oxygen atoms in total. The predicted molar refractivity (Wildman–Crippen MR) is 128 cm³/mol. The van der Waals surface area contributed by atoms with Crippen molar-refractivity contribution < 1.29 is 18.3 Å². The summed E-state index contributed by atoms with van der Waals surface area (Å²) < 4.78 is 33.5. The van der Waals surface area contributed by atoms with Crippen molar-refractivity contribution in [2.75, 3.05) is 0 Å². The van der Waals surface area contributed by atoms with Crippen molar-refractivity contribution in [1.29, 1.82) is 0 Å². The number of ether oxygens (including phenoxy) is 1. The van der Waals surface area contributed by atoms with Crippen LogP contribution in [0.2, 0.25) is 10.0 Å². The molecule has 0 fully saturated rings. The highest BCUT2D eigenvalue weighted by atomic mass is 35.5. The predicted octanol–water partition coefficient (Wildman–Crippen LogP) is 6.96. The molecule has 0 aromatic heterocycles. The first kappa shape index (κ1) is 25.0. The largest absolute Gasteiger partial charge is 0.478 e. The van der Waals surface area contributed by atoms with Crippen LogP contribution >= 0.6 is 23.2 Å². The fraction of sp³-hybridized carbons (Fsp3) is 0.269. The molecule has 2 atom stereocenters. The van der Waals surface area contributed by atoms with Gasteiger partial charge in [-0.2, -0.15) is 0 Å². The lowest BCUT2D eigenvalue weighted by Crippen LogP contribution is -2.51. The van der Waals surface area contributed by atoms with E-state index in [4.69, 9.17) is 27.9 Å². The molecule has 33 heavy (non-hydrogen) atoms. The number of benzene rings is 3. The molecule has 174 valence electrons. The van der Waals surface area contributed by atoms with Crippen molar-refractivity contribution in [2.45, 2.75) is 44.8 Å². The van der Waals surface area contributed by atoms with E-state index in [9.17, 15) is 13.6 Å². The lowest BCUT2D eigenvalue weighted by Gasteiger charge is -2.31. The Kier molecular flexibility index (Phi) is 7.98. The van der Waals surface area contributed by atoms with Crippen LogP contribution in [-0.2, 0) is 11.2 Å². The van der Waals surface area contributed by atoms with E-state index in [1.54, 1.807) is 38.1 Å². The molecule has 0 aliphatic carbocycles. The number of nitrogens with one attached hydrogen (secondary N) is 1. The summed E-state index contributed by atoms with van der Waals surface area (Å²) in [6.45, 7) is 5.13. The van der Waals surface area contributed by atoms with Crippen LogP contribution in [-0.4, -0.2) is 17.6 Å². The zero-order valence-corrected chi connectivity index (χ0v) is 20.1. The molecule has 0 saturated carbocycles. The minimum atomic E-state index is -1.22. The summed E-state index contributed by atoms with van der Waals surface area (Å²) in [6.07, 6.45) is 0.339. The van der Waals surface area contributed by atoms with E-state index < -0.39 is 17.2 Å². The number of hydrogen-bond acceptors (Lipinski definition) is 2. The van der Waals surface area contributed by atoms with Crippen LogP contribution in [0.15, 0.2) is 66.7 Å². The molecular weight excluding hydrogens is 467 g/mol. The van der Waals surface area contributed by atoms with Gasteiger partial charge in [-0.3, -0.25) is 4.79 Å². The van der Waals surface area contributed by atoms with Gasteiger partial charge in [-0.05, 0) is 86.8 Å². The maximum Gasteiger partial charge on any atom is 0.263 e. The highest BCUT2D eigenvalue weighted by molar-refractivity contribution is 6.30. The van der Waals surface area contributed by atoms with Gasteiger partial charge in [0.2, 0.25) is 0 Å². The third kappa shape index (κ3) is 6.68. The standard InChI is InChI=1S/C26H25Cl2F2NO2/c1-16(31-25(32)26(2,3)33-22-12-10-21(29)11-13-22)23(17-4-7-19(27)8-5-17)14-18-6-9-20(28)15-24(18)30/h4-13,15-16,23H,14H2,1-3H3,(H,31,32). The molecule has 1 amide bonds. The van der Waals surface area contributed by atoms with Crippen LogP contribution in [0, 0.1) is 11.6 Å². The lowest BCUT2D eigenvalue weighted by atomic mass is 9.86. The summed E-state index contributed by atoms with van der Waals surface area (Å²) in [4.78, 5) is 13.1. The van der Waals surface area contributed by atoms with Crippen LogP contribution in [0.1, 0.15) is 37.8 Å². The molecule has 3 aromatic rings. The van der Waals surface area contributed by atoms with Gasteiger partial charge in [0.25, 0.3) is 5.91 Å². The van der Waals surface area contributed by atoms with Crippen molar-refractivity contribution in [3.8, 4) is 5.75 Å². The van der Waals surface area contributed by atoms with Gasteiger partial charge < -0.3 is 10.1 Å². The van der Waals surface area contributed by atoms with Crippen LogP contribution in [0.5, 0.6) is 5.75 Å².